The van der Waals surface area contributed by atoms with Crippen LogP contribution in [0.25, 0.3) is 0 Å². The average molecular weight is 521 g/mol. The van der Waals surface area contributed by atoms with Gasteiger partial charge >= 0.3 is 5.97 Å². The second-order valence-corrected chi connectivity index (χ2v) is 8.93. The maximum absolute atomic E-state index is 13.3. The summed E-state index contributed by atoms with van der Waals surface area (Å²) in [5.74, 6) is -0.209. The highest BCUT2D eigenvalue weighted by Crippen LogP contribution is 2.37. The van der Waals surface area contributed by atoms with Gasteiger partial charge in [-0.15, -0.1) is 0 Å². The van der Waals surface area contributed by atoms with Crippen LogP contribution in [0.2, 0.25) is 0 Å². The van der Waals surface area contributed by atoms with Crippen LogP contribution in [0.5, 0.6) is 0 Å². The highest BCUT2D eigenvalue weighted by Gasteiger charge is 2.46. The Hall–Kier alpha value is -1.44. The van der Waals surface area contributed by atoms with Crippen molar-refractivity contribution in [1.82, 2.24) is 0 Å². The van der Waals surface area contributed by atoms with Crippen LogP contribution in [0.3, 0.4) is 0 Å². The smallest absolute Gasteiger partial charge is 0.347 e. The molecule has 0 bridgehead atoms. The average Bonchev–Trinajstić information content (AvgIpc) is 2.77. The molecule has 0 aromatic heterocycles. The van der Waals surface area contributed by atoms with Gasteiger partial charge in [-0.1, -0.05) is 60.7 Å². The molecule has 162 valence electrons. The fourth-order valence-corrected chi connectivity index (χ4v) is 5.48. The summed E-state index contributed by atoms with van der Waals surface area (Å²) < 4.78 is 6.97. The molecule has 4 rings (SSSR count). The first-order chi connectivity index (χ1) is 14.0. The molecule has 0 radical (unpaired) electrons. The molecule has 2 aliphatic heterocycles. The van der Waals surface area contributed by atoms with E-state index in [9.17, 15) is 9.90 Å². The van der Waals surface area contributed by atoms with Crippen LogP contribution in [0, 0.1) is 5.92 Å². The third-order valence-corrected chi connectivity index (χ3v) is 7.11. The second kappa shape index (κ2) is 9.79. The Bertz CT molecular complexity index is 785. The molecule has 2 aromatic rings. The third-order valence-electron chi connectivity index (χ3n) is 7.11. The van der Waals surface area contributed by atoms with Crippen LogP contribution in [-0.2, 0) is 15.1 Å². The molecule has 1 N–H and O–H groups in total. The number of fused-ring (bicyclic) bond motifs is 1. The van der Waals surface area contributed by atoms with Crippen molar-refractivity contribution in [2.45, 2.75) is 43.7 Å². The number of carbonyl (C=O) groups is 1. The zero-order chi connectivity index (χ0) is 20.3. The third kappa shape index (κ3) is 4.43. The minimum absolute atomic E-state index is 0. The van der Waals surface area contributed by atoms with Crippen molar-refractivity contribution in [3.63, 3.8) is 0 Å². The van der Waals surface area contributed by atoms with Crippen molar-refractivity contribution in [1.29, 1.82) is 0 Å². The van der Waals surface area contributed by atoms with Crippen molar-refractivity contribution >= 4 is 5.97 Å². The lowest BCUT2D eigenvalue weighted by atomic mass is 9.81. The van der Waals surface area contributed by atoms with Crippen LogP contribution >= 0.6 is 0 Å². The summed E-state index contributed by atoms with van der Waals surface area (Å²) in [4.78, 5) is 13.3. The van der Waals surface area contributed by atoms with E-state index >= 15 is 0 Å². The van der Waals surface area contributed by atoms with Gasteiger partial charge in [-0.2, -0.15) is 0 Å². The van der Waals surface area contributed by atoms with Crippen molar-refractivity contribution < 1.29 is 43.1 Å². The lowest BCUT2D eigenvalue weighted by Gasteiger charge is -2.51. The minimum Gasteiger partial charge on any atom is -1.00 e. The Morgan fingerprint density at radius 1 is 0.967 bits per heavy atom. The molecule has 2 heterocycles. The molecule has 0 spiro atoms. The van der Waals surface area contributed by atoms with E-state index in [2.05, 4.69) is 7.05 Å². The van der Waals surface area contributed by atoms with Crippen molar-refractivity contribution in [2.24, 2.45) is 5.92 Å². The van der Waals surface area contributed by atoms with E-state index in [1.165, 1.54) is 38.8 Å². The summed E-state index contributed by atoms with van der Waals surface area (Å²) in [7, 11) is 2.36. The number of ether oxygens (including phenoxy) is 1. The van der Waals surface area contributed by atoms with E-state index in [-0.39, 0.29) is 24.0 Å². The second-order valence-electron chi connectivity index (χ2n) is 8.93. The van der Waals surface area contributed by atoms with E-state index in [1.807, 2.05) is 36.4 Å². The Morgan fingerprint density at radius 2 is 1.53 bits per heavy atom. The number of hydrogen-bond donors (Lipinski definition) is 1. The van der Waals surface area contributed by atoms with E-state index in [0.29, 0.717) is 29.7 Å². The highest BCUT2D eigenvalue weighted by atomic mass is 127. The Balaban J connectivity index is 0.00000256. The number of carbonyl (C=O) groups excluding carboxylic acids is 1. The van der Waals surface area contributed by atoms with Gasteiger partial charge in [0, 0.05) is 12.3 Å². The van der Waals surface area contributed by atoms with Crippen LogP contribution in [-0.4, -0.2) is 48.3 Å². The molecule has 0 saturated carbocycles. The maximum Gasteiger partial charge on any atom is 0.347 e. The molecule has 0 aliphatic carbocycles. The standard InChI is InChI=1S/C25H32NO3.HI/c1-26-17-9-8-16-23(26)20(11-10-18-26)19-29-24(27)25(28,21-12-4-2-5-13-21)22-14-6-3-7-15-22;/h2-7,12-15,20,23,28H,8-11,16-19H2,1H3;1H/q+1;/p-1/t20-,23+,26?;/m0./s1. The van der Waals surface area contributed by atoms with E-state index in [4.69, 9.17) is 4.74 Å². The van der Waals surface area contributed by atoms with Gasteiger partial charge in [0.1, 0.15) is 0 Å². The van der Waals surface area contributed by atoms with Gasteiger partial charge in [0.25, 0.3) is 0 Å². The fraction of sp³-hybridized carbons (Fsp3) is 0.480. The van der Waals surface area contributed by atoms with Crippen LogP contribution in [0.15, 0.2) is 60.7 Å². The zero-order valence-electron chi connectivity index (χ0n) is 17.7. The van der Waals surface area contributed by atoms with E-state index < -0.39 is 11.6 Å². The molecule has 2 aliphatic rings. The number of benzene rings is 2. The van der Waals surface area contributed by atoms with Crippen molar-refractivity contribution in [3.05, 3.63) is 71.8 Å². The molecule has 0 amide bonds. The zero-order valence-corrected chi connectivity index (χ0v) is 19.8. The van der Waals surface area contributed by atoms with Gasteiger partial charge in [-0.3, -0.25) is 0 Å². The number of nitrogens with zero attached hydrogens (tertiary/aromatic N) is 1. The number of quaternary nitrogens is 1. The van der Waals surface area contributed by atoms with Gasteiger partial charge < -0.3 is 38.3 Å². The van der Waals surface area contributed by atoms with Gasteiger partial charge in [-0.05, 0) is 36.8 Å². The number of halogens is 1. The van der Waals surface area contributed by atoms with Crippen LogP contribution < -0.4 is 24.0 Å². The first-order valence-electron chi connectivity index (χ1n) is 10.9. The quantitative estimate of drug-likeness (QED) is 0.361. The summed E-state index contributed by atoms with van der Waals surface area (Å²) in [6.07, 6.45) is 6.04. The van der Waals surface area contributed by atoms with Crippen LogP contribution in [0.4, 0.5) is 0 Å². The molecule has 2 saturated heterocycles. The van der Waals surface area contributed by atoms with Gasteiger partial charge in [0.05, 0.1) is 32.8 Å². The molecular weight excluding hydrogens is 489 g/mol. The topological polar surface area (TPSA) is 46.5 Å². The SMILES string of the molecule is C[N+]12CCCC[C@@H]1[C@H](COC(=O)C(O)(c1ccccc1)c1ccccc1)CCC2.[I-]. The molecule has 3 atom stereocenters. The number of aliphatic hydroxyl groups is 1. The molecule has 30 heavy (non-hydrogen) atoms. The lowest BCUT2D eigenvalue weighted by molar-refractivity contribution is -0.947. The number of piperidine rings is 2. The predicted octanol–water partition coefficient (Wildman–Crippen LogP) is 0.879. The fourth-order valence-electron chi connectivity index (χ4n) is 5.48. The molecule has 2 aromatic carbocycles. The molecule has 2 fully saturated rings. The molecular formula is C25H32INO3. The summed E-state index contributed by atoms with van der Waals surface area (Å²) in [5, 5.41) is 11.6. The summed E-state index contributed by atoms with van der Waals surface area (Å²) in [5.41, 5.74) is -0.710. The number of hydrogen-bond acceptors (Lipinski definition) is 3. The summed E-state index contributed by atoms with van der Waals surface area (Å²) in [6, 6.07) is 18.8. The highest BCUT2D eigenvalue weighted by molar-refractivity contribution is 5.85. The lowest BCUT2D eigenvalue weighted by Crippen LogP contribution is -3.00. The molecule has 1 unspecified atom stereocenters. The van der Waals surface area contributed by atoms with E-state index in [0.717, 1.165) is 10.9 Å². The maximum atomic E-state index is 13.3. The van der Waals surface area contributed by atoms with E-state index in [1.54, 1.807) is 24.3 Å². The van der Waals surface area contributed by atoms with Crippen LogP contribution in [0.1, 0.15) is 43.2 Å². The molecule has 4 nitrogen and oxygen atoms in total. The largest absolute Gasteiger partial charge is 1.00 e. The molecule has 5 heteroatoms. The Kier molecular flexibility index (Phi) is 7.58. The minimum atomic E-state index is -1.79. The normalized spacial score (nSPS) is 26.2. The number of esters is 1. The summed E-state index contributed by atoms with van der Waals surface area (Å²) in [6.45, 7) is 2.85. The Morgan fingerprint density at radius 3 is 2.13 bits per heavy atom. The van der Waals surface area contributed by atoms with Gasteiger partial charge in [0.15, 0.2) is 0 Å². The summed E-state index contributed by atoms with van der Waals surface area (Å²) >= 11 is 0. The van der Waals surface area contributed by atoms with Crippen molar-refractivity contribution in [2.75, 3.05) is 26.7 Å². The predicted molar refractivity (Wildman–Crippen MR) is 113 cm³/mol. The number of rotatable bonds is 5. The first-order valence-corrected chi connectivity index (χ1v) is 10.9. The van der Waals surface area contributed by atoms with Gasteiger partial charge in [0.2, 0.25) is 5.60 Å². The van der Waals surface area contributed by atoms with Crippen molar-refractivity contribution in [3.8, 4) is 0 Å². The first kappa shape index (κ1) is 23.2. The van der Waals surface area contributed by atoms with Gasteiger partial charge in [-0.25, -0.2) is 4.79 Å². The Labute approximate surface area is 196 Å². The monoisotopic (exact) mass is 521 g/mol.